The Bertz CT molecular complexity index is 2040. The highest BCUT2D eigenvalue weighted by Crippen LogP contribution is 2.20. The van der Waals surface area contributed by atoms with Gasteiger partial charge in [-0.2, -0.15) is 0 Å². The van der Waals surface area contributed by atoms with Crippen LogP contribution in [-0.4, -0.2) is 149 Å². The van der Waals surface area contributed by atoms with Crippen LogP contribution in [0.15, 0.2) is 109 Å². The zero-order chi connectivity index (χ0) is 79.1. The predicted molar refractivity (Wildman–Crippen MR) is 461 cm³/mol. The van der Waals surface area contributed by atoms with Crippen LogP contribution in [0.3, 0.4) is 0 Å². The average Bonchev–Trinajstić information content (AvgIpc) is 1.95. The van der Waals surface area contributed by atoms with E-state index in [4.69, 9.17) is 0 Å². The van der Waals surface area contributed by atoms with Crippen molar-refractivity contribution in [2.75, 3.05) is 113 Å². The van der Waals surface area contributed by atoms with Crippen LogP contribution in [0.2, 0.25) is 0 Å². The fourth-order valence-electron chi connectivity index (χ4n) is 8.11. The molecular formula is C92H184N6. The van der Waals surface area contributed by atoms with Gasteiger partial charge in [0, 0.05) is 50.7 Å². The maximum atomic E-state index is 3.63. The fraction of sp³-hybridized carbons (Fsp3) is 0.783. The van der Waals surface area contributed by atoms with Crippen molar-refractivity contribution < 1.29 is 0 Å². The number of hydrogen-bond donors (Lipinski definition) is 0. The molecule has 2 saturated heterocycles. The van der Waals surface area contributed by atoms with Gasteiger partial charge >= 0.3 is 0 Å². The maximum Gasteiger partial charge on any atom is 0.0230 e. The van der Waals surface area contributed by atoms with E-state index >= 15 is 0 Å². The van der Waals surface area contributed by atoms with Gasteiger partial charge in [0.15, 0.2) is 0 Å². The lowest BCUT2D eigenvalue weighted by Crippen LogP contribution is -2.29. The Morgan fingerprint density at radius 1 is 0.408 bits per heavy atom. The summed E-state index contributed by atoms with van der Waals surface area (Å²) in [4.78, 5) is 14.2. The second-order valence-corrected chi connectivity index (χ2v) is 38.8. The summed E-state index contributed by atoms with van der Waals surface area (Å²) in [5, 5.41) is 0. The molecule has 98 heavy (non-hydrogen) atoms. The normalized spacial score (nSPS) is 14.7. The van der Waals surface area contributed by atoms with Crippen molar-refractivity contribution in [3.63, 3.8) is 0 Å². The van der Waals surface area contributed by atoms with Crippen LogP contribution >= 0.6 is 0 Å². The highest BCUT2D eigenvalue weighted by atomic mass is 15.1. The Balaban J connectivity index is -0.000000154. The van der Waals surface area contributed by atoms with E-state index < -0.39 is 0 Å². The lowest BCUT2D eigenvalue weighted by Gasteiger charge is -2.25. The van der Waals surface area contributed by atoms with Crippen LogP contribution in [0.5, 0.6) is 0 Å². The third-order valence-electron chi connectivity index (χ3n) is 13.5. The summed E-state index contributed by atoms with van der Waals surface area (Å²) in [5.74, 6) is 5.89. The molecule has 0 aromatic rings. The lowest BCUT2D eigenvalue weighted by molar-refractivity contribution is 0.251. The summed E-state index contributed by atoms with van der Waals surface area (Å²) in [7, 11) is 8.44. The molecule has 0 spiro atoms. The van der Waals surface area contributed by atoms with Crippen molar-refractivity contribution in [2.24, 2.45) is 54.1 Å². The van der Waals surface area contributed by atoms with Crippen molar-refractivity contribution >= 4 is 0 Å². The molecule has 582 valence electrons. The molecule has 2 aliphatic heterocycles. The van der Waals surface area contributed by atoms with Gasteiger partial charge in [-0.3, -0.25) is 9.80 Å². The number of likely N-dealkylation sites (tertiary alicyclic amines) is 2. The molecule has 0 atom stereocenters. The van der Waals surface area contributed by atoms with Crippen molar-refractivity contribution in [2.45, 2.75) is 308 Å². The summed E-state index contributed by atoms with van der Waals surface area (Å²) in [6.45, 7) is 104. The highest BCUT2D eigenvalue weighted by molar-refractivity contribution is 5.05. The van der Waals surface area contributed by atoms with Crippen LogP contribution in [0.1, 0.15) is 302 Å². The molecule has 0 aliphatic carbocycles. The molecule has 2 heterocycles. The Hall–Kier alpha value is -3.02. The quantitative estimate of drug-likeness (QED) is 0.113. The molecule has 0 saturated carbocycles. The third kappa shape index (κ3) is 123. The van der Waals surface area contributed by atoms with Crippen molar-refractivity contribution in [1.82, 2.24) is 29.4 Å². The van der Waals surface area contributed by atoms with Gasteiger partial charge in [0.2, 0.25) is 0 Å². The van der Waals surface area contributed by atoms with E-state index in [9.17, 15) is 0 Å². The smallest absolute Gasteiger partial charge is 0.0230 e. The number of hydrogen-bond acceptors (Lipinski definition) is 6. The standard InChI is InChI=1S/C12H23N.C11H21N.2C11H23N.C10H21N.C9H19N.C8H16.C7H14.C7H12.C6H12/c1-12(2,3)8-7-11-13-9-5-4-6-10-13;1-11(2,3)7-6-10-12-8-4-5-9-12;1-10(2)12(6)9-7-8-11(3,4)5;1-6-12(7-2)10-8-9-11(3,4)5;1-6-11(5)9-7-8-10(2,3)4;1-9(2,3)7-6-8-10(4)5;1-7(2)6-8(3,4)5;2*1-5-6-7(2,3)4;1-5-6(2,3)4/h7-8H,4-6,9-11H2,1-3H3;6-7H,4-5,8-10H2,1-3H3;7-8,10H,9H2,1-6H3;8-9H,6-7,10H2,1-5H3;7-8H,6,9H2,1-5H3;6-7H,8H2,1-5H3;6H,1-5H3;5-6H,1-4H3;1-4H3;5H,1H2,2-4H3/b8-7+;7-6+;8-7+;9-8+;8-7+;7-6+;;6-5+;;. The third-order valence-corrected chi connectivity index (χ3v) is 13.5. The van der Waals surface area contributed by atoms with Crippen LogP contribution in [-0.2, 0) is 0 Å². The second kappa shape index (κ2) is 59.4. The minimum absolute atomic E-state index is 0.189. The molecule has 0 unspecified atom stereocenters. The monoisotopic (exact) mass is 1370 g/mol. The van der Waals surface area contributed by atoms with Gasteiger partial charge < -0.3 is 19.6 Å². The Labute approximate surface area is 622 Å². The summed E-state index contributed by atoms with van der Waals surface area (Å²) in [6, 6.07) is 0.634. The summed E-state index contributed by atoms with van der Waals surface area (Å²) in [6.07, 6.45) is 42.8. The average molecular weight is 1370 g/mol. The second-order valence-electron chi connectivity index (χ2n) is 38.8. The number of likely N-dealkylation sites (N-methyl/N-ethyl adjacent to an activating group) is 4. The highest BCUT2D eigenvalue weighted by Gasteiger charge is 2.13. The number of piperidine rings is 1. The summed E-state index contributed by atoms with van der Waals surface area (Å²) >= 11 is 0. The van der Waals surface area contributed by atoms with Crippen molar-refractivity contribution in [1.29, 1.82) is 0 Å². The molecule has 0 aromatic carbocycles. The van der Waals surface area contributed by atoms with Gasteiger partial charge in [-0.1, -0.05) is 323 Å². The van der Waals surface area contributed by atoms with Gasteiger partial charge in [0.05, 0.1) is 0 Å². The first kappa shape index (κ1) is 111. The van der Waals surface area contributed by atoms with E-state index in [-0.39, 0.29) is 5.41 Å². The fourth-order valence-corrected chi connectivity index (χ4v) is 8.11. The largest absolute Gasteiger partial charge is 0.306 e. The zero-order valence-corrected chi connectivity index (χ0v) is 75.4. The summed E-state index contributed by atoms with van der Waals surface area (Å²) < 4.78 is 0. The molecule has 0 radical (unpaired) electrons. The van der Waals surface area contributed by atoms with Gasteiger partial charge in [-0.05, 0) is 211 Å². The van der Waals surface area contributed by atoms with E-state index in [1.54, 1.807) is 0 Å². The molecule has 2 fully saturated rings. The molecule has 0 amide bonds. The molecular weight excluding hydrogens is 1190 g/mol. The van der Waals surface area contributed by atoms with Crippen LogP contribution in [0, 0.1) is 66.0 Å². The molecule has 0 N–H and O–H groups in total. The molecule has 2 rings (SSSR count). The van der Waals surface area contributed by atoms with E-state index in [0.29, 0.717) is 54.8 Å². The first-order chi connectivity index (χ1) is 43.9. The minimum atomic E-state index is 0.189. The maximum absolute atomic E-state index is 3.63. The molecule has 2 aliphatic rings. The van der Waals surface area contributed by atoms with Crippen molar-refractivity contribution in [3.05, 3.63) is 109 Å². The molecule has 6 nitrogen and oxygen atoms in total. The van der Waals surface area contributed by atoms with Crippen molar-refractivity contribution in [3.8, 4) is 11.8 Å². The first-order valence-corrected chi connectivity index (χ1v) is 38.6. The zero-order valence-electron chi connectivity index (χ0n) is 75.4. The molecule has 0 aromatic heterocycles. The van der Waals surface area contributed by atoms with E-state index in [1.807, 2.05) is 19.9 Å². The van der Waals surface area contributed by atoms with Crippen LogP contribution in [0.25, 0.3) is 0 Å². The topological polar surface area (TPSA) is 19.4 Å². The Kier molecular flexibility index (Phi) is 67.2. The van der Waals surface area contributed by atoms with Gasteiger partial charge in [0.1, 0.15) is 0 Å². The van der Waals surface area contributed by atoms with E-state index in [0.717, 1.165) is 58.9 Å². The number of allylic oxidation sites excluding steroid dienone is 11. The lowest BCUT2D eigenvalue weighted by atomic mass is 9.94. The number of rotatable bonds is 16. The Morgan fingerprint density at radius 3 is 0.908 bits per heavy atom. The van der Waals surface area contributed by atoms with E-state index in [1.165, 1.54) is 63.9 Å². The van der Waals surface area contributed by atoms with Crippen LogP contribution in [0.4, 0.5) is 0 Å². The van der Waals surface area contributed by atoms with Crippen LogP contribution < -0.4 is 0 Å². The Morgan fingerprint density at radius 2 is 0.704 bits per heavy atom. The minimum Gasteiger partial charge on any atom is -0.306 e. The predicted octanol–water partition coefficient (Wildman–Crippen LogP) is 26.2. The number of nitrogens with zero attached hydrogens (tertiary/aromatic N) is 6. The van der Waals surface area contributed by atoms with Gasteiger partial charge in [-0.15, -0.1) is 12.5 Å². The molecule has 6 heteroatoms. The first-order valence-electron chi connectivity index (χ1n) is 38.6. The van der Waals surface area contributed by atoms with Gasteiger partial charge in [-0.25, -0.2) is 0 Å². The molecule has 0 bridgehead atoms. The SMILES string of the molecule is C/C=C/C(C)(C)C.C=CC(C)(C)C.CC#CC(C)(C)C.CC(C)(C)/C=C/CN1CCCC1.CC(C)(C)/C=C/CN1CCCCC1.CC(C)=CC(C)(C)C.CC(C)N(C)C/C=C/C(C)(C)C.CCN(C)C/C=C/C(C)(C)C.CCN(CC)C/C=C/C(C)(C)C.CN(C)C/C=C/C(C)(C)C. The van der Waals surface area contributed by atoms with Gasteiger partial charge in [0.25, 0.3) is 0 Å². The van der Waals surface area contributed by atoms with E-state index in [2.05, 4.69) is 423 Å². The summed E-state index contributed by atoms with van der Waals surface area (Å²) in [5.41, 5.74) is 4.62.